The lowest BCUT2D eigenvalue weighted by molar-refractivity contribution is -0.385. The van der Waals surface area contributed by atoms with Crippen LogP contribution >= 0.6 is 0 Å². The third-order valence-corrected chi connectivity index (χ3v) is 5.33. The highest BCUT2D eigenvalue weighted by Crippen LogP contribution is 2.37. The lowest BCUT2D eigenvalue weighted by Gasteiger charge is -2.33. The Bertz CT molecular complexity index is 772. The minimum atomic E-state index is -0.942. The molecule has 0 N–H and O–H groups in total. The maximum absolute atomic E-state index is 12.4. The molecule has 1 fully saturated rings. The number of nitro benzene ring substituents is 1. The standard InChI is InChI=1S/C19H24N2O7/c1-12-3-5-13(6-4-12)20(2)18(22)11-28-19(23)14-9-16-17(27-8-7-26-16)10-15(14)21(24)25/h9-10,12-13H,3-8,11H2,1-2H3. The average molecular weight is 392 g/mol. The Hall–Kier alpha value is -2.84. The van der Waals surface area contributed by atoms with Crippen LogP contribution in [0.4, 0.5) is 5.69 Å². The minimum Gasteiger partial charge on any atom is -0.486 e. The van der Waals surface area contributed by atoms with Crippen LogP contribution in [0.15, 0.2) is 12.1 Å². The number of hydrogen-bond donors (Lipinski definition) is 0. The molecule has 2 aliphatic rings. The van der Waals surface area contributed by atoms with Crippen molar-refractivity contribution in [1.29, 1.82) is 0 Å². The van der Waals surface area contributed by atoms with Gasteiger partial charge in [-0.15, -0.1) is 0 Å². The van der Waals surface area contributed by atoms with Gasteiger partial charge in [0.1, 0.15) is 18.8 Å². The van der Waals surface area contributed by atoms with Crippen LogP contribution in [0, 0.1) is 16.0 Å². The first-order valence-corrected chi connectivity index (χ1v) is 9.37. The monoisotopic (exact) mass is 392 g/mol. The molecular weight excluding hydrogens is 368 g/mol. The number of esters is 1. The molecule has 0 atom stereocenters. The Kier molecular flexibility index (Phi) is 6.01. The van der Waals surface area contributed by atoms with Crippen LogP contribution in [0.25, 0.3) is 0 Å². The molecule has 0 aromatic heterocycles. The fourth-order valence-electron chi connectivity index (χ4n) is 3.53. The summed E-state index contributed by atoms with van der Waals surface area (Å²) in [7, 11) is 1.70. The van der Waals surface area contributed by atoms with E-state index in [0.29, 0.717) is 5.92 Å². The number of ether oxygens (including phenoxy) is 3. The number of nitrogens with zero attached hydrogens (tertiary/aromatic N) is 2. The van der Waals surface area contributed by atoms with Crippen molar-refractivity contribution in [3.8, 4) is 11.5 Å². The van der Waals surface area contributed by atoms with E-state index in [0.717, 1.165) is 31.7 Å². The van der Waals surface area contributed by atoms with Crippen molar-refractivity contribution >= 4 is 17.6 Å². The molecule has 28 heavy (non-hydrogen) atoms. The number of hydrogen-bond acceptors (Lipinski definition) is 7. The smallest absolute Gasteiger partial charge is 0.345 e. The molecule has 1 heterocycles. The summed E-state index contributed by atoms with van der Waals surface area (Å²) >= 11 is 0. The van der Waals surface area contributed by atoms with E-state index in [1.807, 2.05) is 0 Å². The zero-order valence-corrected chi connectivity index (χ0v) is 16.0. The first-order valence-electron chi connectivity index (χ1n) is 9.37. The summed E-state index contributed by atoms with van der Waals surface area (Å²) in [6.07, 6.45) is 3.97. The second-order valence-corrected chi connectivity index (χ2v) is 7.26. The molecule has 152 valence electrons. The van der Waals surface area contributed by atoms with Gasteiger partial charge in [0.05, 0.1) is 11.0 Å². The van der Waals surface area contributed by atoms with Crippen molar-refractivity contribution in [2.24, 2.45) is 5.92 Å². The SMILES string of the molecule is CC1CCC(N(C)C(=O)COC(=O)c2cc3c(cc2[N+](=O)[O-])OCCO3)CC1. The van der Waals surface area contributed by atoms with Gasteiger partial charge in [-0.3, -0.25) is 14.9 Å². The summed E-state index contributed by atoms with van der Waals surface area (Å²) in [5.41, 5.74) is -0.715. The topological polar surface area (TPSA) is 108 Å². The van der Waals surface area contributed by atoms with Gasteiger partial charge in [-0.1, -0.05) is 6.92 Å². The first-order chi connectivity index (χ1) is 13.4. The van der Waals surface area contributed by atoms with Crippen LogP contribution in [0.2, 0.25) is 0 Å². The van der Waals surface area contributed by atoms with Gasteiger partial charge < -0.3 is 19.1 Å². The van der Waals surface area contributed by atoms with Gasteiger partial charge >= 0.3 is 5.97 Å². The molecule has 1 aliphatic carbocycles. The fourth-order valence-corrected chi connectivity index (χ4v) is 3.53. The van der Waals surface area contributed by atoms with Crippen molar-refractivity contribution in [3.63, 3.8) is 0 Å². The Balaban J connectivity index is 1.65. The molecule has 9 heteroatoms. The normalized spacial score (nSPS) is 20.9. The molecular formula is C19H24N2O7. The Morgan fingerprint density at radius 1 is 1.18 bits per heavy atom. The van der Waals surface area contributed by atoms with E-state index in [4.69, 9.17) is 14.2 Å². The lowest BCUT2D eigenvalue weighted by Crippen LogP contribution is -2.41. The summed E-state index contributed by atoms with van der Waals surface area (Å²) in [6.45, 7) is 2.28. The number of benzene rings is 1. The van der Waals surface area contributed by atoms with Gasteiger partial charge in [-0.2, -0.15) is 0 Å². The van der Waals surface area contributed by atoms with E-state index in [1.165, 1.54) is 6.07 Å². The molecule has 1 aliphatic heterocycles. The maximum Gasteiger partial charge on any atom is 0.345 e. The third kappa shape index (κ3) is 4.35. The predicted molar refractivity (Wildman–Crippen MR) is 98.6 cm³/mol. The highest BCUT2D eigenvalue weighted by molar-refractivity contribution is 5.96. The molecule has 0 saturated heterocycles. The molecule has 0 spiro atoms. The van der Waals surface area contributed by atoms with Gasteiger partial charge in [0.15, 0.2) is 18.1 Å². The molecule has 1 saturated carbocycles. The third-order valence-electron chi connectivity index (χ3n) is 5.33. The minimum absolute atomic E-state index is 0.131. The van der Waals surface area contributed by atoms with Gasteiger partial charge in [0.25, 0.3) is 11.6 Å². The van der Waals surface area contributed by atoms with Crippen molar-refractivity contribution < 1.29 is 28.7 Å². The van der Waals surface area contributed by atoms with E-state index in [-0.39, 0.29) is 42.2 Å². The summed E-state index contributed by atoms with van der Waals surface area (Å²) in [6, 6.07) is 2.50. The number of carbonyl (C=O) groups excluding carboxylic acids is 2. The van der Waals surface area contributed by atoms with E-state index < -0.39 is 23.2 Å². The Labute approximate surface area is 162 Å². The quantitative estimate of drug-likeness (QED) is 0.430. The molecule has 1 amide bonds. The van der Waals surface area contributed by atoms with Crippen LogP contribution in [-0.4, -0.2) is 54.6 Å². The second-order valence-electron chi connectivity index (χ2n) is 7.26. The Morgan fingerprint density at radius 2 is 1.79 bits per heavy atom. The number of carbonyl (C=O) groups is 2. The molecule has 0 bridgehead atoms. The van der Waals surface area contributed by atoms with Crippen LogP contribution in [0.5, 0.6) is 11.5 Å². The van der Waals surface area contributed by atoms with E-state index >= 15 is 0 Å². The Morgan fingerprint density at radius 3 is 2.39 bits per heavy atom. The molecule has 3 rings (SSSR count). The summed E-state index contributed by atoms with van der Waals surface area (Å²) in [5.74, 6) is -0.162. The van der Waals surface area contributed by atoms with Crippen LogP contribution in [0.1, 0.15) is 43.0 Å². The van der Waals surface area contributed by atoms with Gasteiger partial charge in [-0.25, -0.2) is 4.79 Å². The van der Waals surface area contributed by atoms with Crippen molar-refractivity contribution in [1.82, 2.24) is 4.90 Å². The van der Waals surface area contributed by atoms with Gasteiger partial charge in [-0.05, 0) is 31.6 Å². The van der Waals surface area contributed by atoms with Gasteiger partial charge in [0, 0.05) is 19.2 Å². The highest BCUT2D eigenvalue weighted by atomic mass is 16.6. The highest BCUT2D eigenvalue weighted by Gasteiger charge is 2.29. The fraction of sp³-hybridized carbons (Fsp3) is 0.579. The van der Waals surface area contributed by atoms with Crippen LogP contribution in [-0.2, 0) is 9.53 Å². The number of fused-ring (bicyclic) bond motifs is 1. The predicted octanol–water partition coefficient (Wildman–Crippen LogP) is 2.56. The number of rotatable bonds is 5. The van der Waals surface area contributed by atoms with Crippen LogP contribution in [0.3, 0.4) is 0 Å². The second kappa shape index (κ2) is 8.45. The molecule has 1 aromatic carbocycles. The van der Waals surface area contributed by atoms with Crippen molar-refractivity contribution in [3.05, 3.63) is 27.8 Å². The average Bonchev–Trinajstić information content (AvgIpc) is 2.70. The zero-order chi connectivity index (χ0) is 20.3. The summed E-state index contributed by atoms with van der Waals surface area (Å²) < 4.78 is 15.8. The first kappa shape index (κ1) is 19.9. The summed E-state index contributed by atoms with van der Waals surface area (Å²) in [5, 5.41) is 11.3. The summed E-state index contributed by atoms with van der Waals surface area (Å²) in [4.78, 5) is 37.0. The largest absolute Gasteiger partial charge is 0.486 e. The molecule has 0 unspecified atom stereocenters. The molecule has 1 aromatic rings. The number of amides is 1. The lowest BCUT2D eigenvalue weighted by atomic mass is 9.87. The van der Waals surface area contributed by atoms with Crippen molar-refractivity contribution in [2.75, 3.05) is 26.9 Å². The maximum atomic E-state index is 12.4. The number of likely N-dealkylation sites (N-methyl/N-ethyl adjacent to an activating group) is 1. The molecule has 9 nitrogen and oxygen atoms in total. The zero-order valence-electron chi connectivity index (χ0n) is 16.0. The van der Waals surface area contributed by atoms with E-state index in [9.17, 15) is 19.7 Å². The van der Waals surface area contributed by atoms with E-state index in [1.54, 1.807) is 11.9 Å². The van der Waals surface area contributed by atoms with E-state index in [2.05, 4.69) is 6.92 Å². The number of nitro groups is 1. The molecule has 0 radical (unpaired) electrons. The van der Waals surface area contributed by atoms with Gasteiger partial charge in [0.2, 0.25) is 0 Å². The van der Waals surface area contributed by atoms with Crippen LogP contribution < -0.4 is 9.47 Å². The van der Waals surface area contributed by atoms with Crippen molar-refractivity contribution in [2.45, 2.75) is 38.6 Å².